The molecule has 23 heavy (non-hydrogen) atoms. The van der Waals surface area contributed by atoms with E-state index in [2.05, 4.69) is 15.5 Å². The second-order valence-corrected chi connectivity index (χ2v) is 5.11. The summed E-state index contributed by atoms with van der Waals surface area (Å²) in [6.07, 6.45) is -1.95. The van der Waals surface area contributed by atoms with Crippen LogP contribution in [0.5, 0.6) is 0 Å². The van der Waals surface area contributed by atoms with Crippen LogP contribution in [0.2, 0.25) is 0 Å². The van der Waals surface area contributed by atoms with Gasteiger partial charge in [-0.25, -0.2) is 9.18 Å². The summed E-state index contributed by atoms with van der Waals surface area (Å²) in [5.41, 5.74) is -0.430. The van der Waals surface area contributed by atoms with Gasteiger partial charge in [-0.15, -0.1) is 0 Å². The van der Waals surface area contributed by atoms with Gasteiger partial charge in [0, 0.05) is 6.54 Å². The Morgan fingerprint density at radius 3 is 2.87 bits per heavy atom. The van der Waals surface area contributed by atoms with E-state index in [4.69, 9.17) is 0 Å². The van der Waals surface area contributed by atoms with Crippen molar-refractivity contribution < 1.29 is 22.4 Å². The number of H-pyrrole nitrogens is 1. The molecule has 1 aliphatic heterocycles. The molecule has 0 saturated carbocycles. The zero-order valence-corrected chi connectivity index (χ0v) is 11.7. The van der Waals surface area contributed by atoms with E-state index in [9.17, 15) is 22.4 Å². The lowest BCUT2D eigenvalue weighted by molar-refractivity contribution is -0.137. The Kier molecular flexibility index (Phi) is 3.70. The number of aryl methyl sites for hydroxylation is 1. The molecule has 0 radical (unpaired) electrons. The molecule has 2 heterocycles. The summed E-state index contributed by atoms with van der Waals surface area (Å²) >= 11 is 0. The van der Waals surface area contributed by atoms with Crippen molar-refractivity contribution in [3.63, 3.8) is 0 Å². The standard InChI is InChI=1S/C14H12F4N4O/c15-8-3-4-10(9(6-8)14(16,17)18)20-13(23)22-5-1-2-11-12(22)7-19-21-11/h3-4,6-7H,1-2,5H2,(H,19,21)(H,20,23). The predicted octanol–water partition coefficient (Wildman–Crippen LogP) is 3.55. The van der Waals surface area contributed by atoms with E-state index in [1.54, 1.807) is 0 Å². The first-order chi connectivity index (χ1) is 10.9. The van der Waals surface area contributed by atoms with Crippen LogP contribution in [0.1, 0.15) is 17.7 Å². The number of carbonyl (C=O) groups excluding carboxylic acids is 1. The largest absolute Gasteiger partial charge is 0.418 e. The second kappa shape index (κ2) is 5.56. The first kappa shape index (κ1) is 15.3. The van der Waals surface area contributed by atoms with Crippen molar-refractivity contribution in [2.75, 3.05) is 16.8 Å². The molecular weight excluding hydrogens is 316 g/mol. The predicted molar refractivity (Wildman–Crippen MR) is 74.7 cm³/mol. The van der Waals surface area contributed by atoms with Crippen LogP contribution in [0.25, 0.3) is 0 Å². The Hall–Kier alpha value is -2.58. The van der Waals surface area contributed by atoms with Crippen LogP contribution in [0, 0.1) is 5.82 Å². The highest BCUT2D eigenvalue weighted by molar-refractivity contribution is 6.02. The number of nitrogens with one attached hydrogen (secondary N) is 2. The number of aromatic amines is 1. The van der Waals surface area contributed by atoms with Gasteiger partial charge in [0.15, 0.2) is 0 Å². The van der Waals surface area contributed by atoms with E-state index in [1.807, 2.05) is 0 Å². The number of alkyl halides is 3. The molecule has 1 aromatic carbocycles. The van der Waals surface area contributed by atoms with Gasteiger partial charge in [-0.1, -0.05) is 0 Å². The van der Waals surface area contributed by atoms with Crippen LogP contribution < -0.4 is 10.2 Å². The number of anilines is 2. The van der Waals surface area contributed by atoms with Gasteiger partial charge in [-0.2, -0.15) is 18.3 Å². The highest BCUT2D eigenvalue weighted by Gasteiger charge is 2.35. The molecule has 5 nitrogen and oxygen atoms in total. The molecule has 0 atom stereocenters. The van der Waals surface area contributed by atoms with Crippen LogP contribution in [0.3, 0.4) is 0 Å². The number of hydrogen-bond acceptors (Lipinski definition) is 2. The number of benzene rings is 1. The van der Waals surface area contributed by atoms with Crippen LogP contribution >= 0.6 is 0 Å². The number of nitrogens with zero attached hydrogens (tertiary/aromatic N) is 2. The van der Waals surface area contributed by atoms with Crippen molar-refractivity contribution in [1.29, 1.82) is 0 Å². The monoisotopic (exact) mass is 328 g/mol. The van der Waals surface area contributed by atoms with Gasteiger partial charge < -0.3 is 5.32 Å². The Bertz CT molecular complexity index is 741. The SMILES string of the molecule is O=C(Nc1ccc(F)cc1C(F)(F)F)N1CCCc2[nH]ncc21. The lowest BCUT2D eigenvalue weighted by Gasteiger charge is -2.27. The number of fused-ring (bicyclic) bond motifs is 1. The average molecular weight is 328 g/mol. The van der Waals surface area contributed by atoms with Gasteiger partial charge in [0.05, 0.1) is 28.8 Å². The molecule has 2 N–H and O–H groups in total. The normalized spacial score (nSPS) is 14.5. The van der Waals surface area contributed by atoms with E-state index in [0.717, 1.165) is 17.8 Å². The van der Waals surface area contributed by atoms with Crippen LogP contribution in [-0.4, -0.2) is 22.8 Å². The number of aromatic nitrogens is 2. The Labute approximate surface area is 128 Å². The van der Waals surface area contributed by atoms with Gasteiger partial charge in [-0.3, -0.25) is 10.00 Å². The molecule has 0 aliphatic carbocycles. The molecule has 3 rings (SSSR count). The number of halogens is 4. The van der Waals surface area contributed by atoms with Crippen molar-refractivity contribution in [1.82, 2.24) is 10.2 Å². The zero-order valence-electron chi connectivity index (χ0n) is 11.7. The number of rotatable bonds is 1. The molecule has 2 aromatic rings. The summed E-state index contributed by atoms with van der Waals surface area (Å²) < 4.78 is 52.0. The summed E-state index contributed by atoms with van der Waals surface area (Å²) in [6, 6.07) is 1.40. The number of urea groups is 1. The minimum absolute atomic E-state index is 0.356. The fourth-order valence-electron chi connectivity index (χ4n) is 2.51. The third-order valence-corrected chi connectivity index (χ3v) is 3.57. The Morgan fingerprint density at radius 1 is 1.35 bits per heavy atom. The molecule has 0 bridgehead atoms. The van der Waals surface area contributed by atoms with Crippen LogP contribution in [0.15, 0.2) is 24.4 Å². The molecule has 0 fully saturated rings. The smallest absolute Gasteiger partial charge is 0.307 e. The van der Waals surface area contributed by atoms with E-state index >= 15 is 0 Å². The van der Waals surface area contributed by atoms with Crippen molar-refractivity contribution >= 4 is 17.4 Å². The van der Waals surface area contributed by atoms with Gasteiger partial charge in [0.25, 0.3) is 0 Å². The highest BCUT2D eigenvalue weighted by atomic mass is 19.4. The van der Waals surface area contributed by atoms with Gasteiger partial charge in [0.2, 0.25) is 0 Å². The number of hydrogen-bond donors (Lipinski definition) is 2. The minimum atomic E-state index is -4.77. The summed E-state index contributed by atoms with van der Waals surface area (Å²) in [5.74, 6) is -1.02. The van der Waals surface area contributed by atoms with Crippen molar-refractivity contribution in [3.8, 4) is 0 Å². The van der Waals surface area contributed by atoms with Crippen LogP contribution in [-0.2, 0) is 12.6 Å². The molecule has 0 unspecified atom stereocenters. The first-order valence-corrected chi connectivity index (χ1v) is 6.84. The van der Waals surface area contributed by atoms with Gasteiger partial charge >= 0.3 is 12.2 Å². The number of carbonyl (C=O) groups is 1. The summed E-state index contributed by atoms with van der Waals surface area (Å²) in [7, 11) is 0. The molecule has 9 heteroatoms. The van der Waals surface area contributed by atoms with Gasteiger partial charge in [-0.05, 0) is 31.0 Å². The van der Waals surface area contributed by atoms with Crippen LogP contribution in [0.4, 0.5) is 33.7 Å². The lowest BCUT2D eigenvalue weighted by Crippen LogP contribution is -2.38. The Morgan fingerprint density at radius 2 is 2.13 bits per heavy atom. The Balaban J connectivity index is 1.88. The van der Waals surface area contributed by atoms with E-state index in [0.29, 0.717) is 31.1 Å². The van der Waals surface area contributed by atoms with Crippen molar-refractivity contribution in [2.45, 2.75) is 19.0 Å². The third-order valence-electron chi connectivity index (χ3n) is 3.57. The highest BCUT2D eigenvalue weighted by Crippen LogP contribution is 2.35. The molecule has 2 amide bonds. The average Bonchev–Trinajstić information content (AvgIpc) is 2.96. The maximum Gasteiger partial charge on any atom is 0.418 e. The van der Waals surface area contributed by atoms with E-state index < -0.39 is 29.3 Å². The van der Waals surface area contributed by atoms with E-state index in [1.165, 1.54) is 11.1 Å². The second-order valence-electron chi connectivity index (χ2n) is 5.11. The number of amides is 2. The fourth-order valence-corrected chi connectivity index (χ4v) is 2.51. The quantitative estimate of drug-likeness (QED) is 0.787. The first-order valence-electron chi connectivity index (χ1n) is 6.84. The maximum atomic E-state index is 13.1. The zero-order chi connectivity index (χ0) is 16.6. The molecular formula is C14H12F4N4O. The maximum absolute atomic E-state index is 13.1. The molecule has 1 aliphatic rings. The molecule has 122 valence electrons. The van der Waals surface area contributed by atoms with E-state index in [-0.39, 0.29) is 0 Å². The fraction of sp³-hybridized carbons (Fsp3) is 0.286. The summed E-state index contributed by atoms with van der Waals surface area (Å²) in [4.78, 5) is 13.6. The summed E-state index contributed by atoms with van der Waals surface area (Å²) in [5, 5.41) is 8.79. The minimum Gasteiger partial charge on any atom is -0.307 e. The molecule has 0 spiro atoms. The van der Waals surface area contributed by atoms with Crippen molar-refractivity contribution in [2.24, 2.45) is 0 Å². The molecule has 1 aromatic heterocycles. The topological polar surface area (TPSA) is 61.0 Å². The molecule has 0 saturated heterocycles. The third kappa shape index (κ3) is 2.99. The lowest BCUT2D eigenvalue weighted by atomic mass is 10.1. The van der Waals surface area contributed by atoms with Gasteiger partial charge in [0.1, 0.15) is 5.82 Å². The van der Waals surface area contributed by atoms with Crippen molar-refractivity contribution in [3.05, 3.63) is 41.5 Å². The summed E-state index contributed by atoms with van der Waals surface area (Å²) in [6.45, 7) is 0.362.